The summed E-state index contributed by atoms with van der Waals surface area (Å²) >= 11 is 0. The van der Waals surface area contributed by atoms with Gasteiger partial charge in [-0.25, -0.2) is 0 Å². The van der Waals surface area contributed by atoms with Crippen molar-refractivity contribution in [3.63, 3.8) is 0 Å². The minimum absolute atomic E-state index is 1.14. The highest BCUT2D eigenvalue weighted by Gasteiger charge is 2.10. The zero-order valence-corrected chi connectivity index (χ0v) is 18.6. The largest absolute Gasteiger partial charge is 0.0654 e. The Hall–Kier alpha value is -3.64. The van der Waals surface area contributed by atoms with Gasteiger partial charge in [0.1, 0.15) is 0 Å². The van der Waals surface area contributed by atoms with Crippen LogP contribution in [-0.4, -0.2) is 0 Å². The number of benzene rings is 5. The second kappa shape index (κ2) is 9.24. The van der Waals surface area contributed by atoms with Crippen molar-refractivity contribution in [2.75, 3.05) is 0 Å². The Morgan fingerprint density at radius 2 is 1.16 bits per heavy atom. The zero-order chi connectivity index (χ0) is 21.8. The summed E-state index contributed by atoms with van der Waals surface area (Å²) in [6, 6.07) is 42.1. The first kappa shape index (κ1) is 20.3. The van der Waals surface area contributed by atoms with Crippen molar-refractivity contribution in [1.82, 2.24) is 0 Å². The van der Waals surface area contributed by atoms with E-state index in [1.165, 1.54) is 62.6 Å². The van der Waals surface area contributed by atoms with E-state index < -0.39 is 0 Å². The molecule has 0 aliphatic carbocycles. The topological polar surface area (TPSA) is 0 Å². The third kappa shape index (κ3) is 4.22. The van der Waals surface area contributed by atoms with Crippen molar-refractivity contribution in [1.29, 1.82) is 0 Å². The lowest BCUT2D eigenvalue weighted by Crippen LogP contribution is -1.89. The molecule has 0 nitrogen and oxygen atoms in total. The standard InChI is InChI=1S/C32H28/c1-2-3-11-24-12-9-17-27(20-24)29-21-28(25-13-5-4-6-14-25)22-30(23-29)32-19-10-16-26-15-7-8-18-31(26)32/h4-10,12-23H,2-3,11H2,1H3. The number of hydrogen-bond donors (Lipinski definition) is 0. The predicted octanol–water partition coefficient (Wildman–Crippen LogP) is 9.18. The third-order valence-electron chi connectivity index (χ3n) is 6.22. The molecule has 32 heavy (non-hydrogen) atoms. The van der Waals surface area contributed by atoms with E-state index in [0.29, 0.717) is 0 Å². The molecule has 0 aliphatic rings. The molecule has 0 fully saturated rings. The van der Waals surface area contributed by atoms with Gasteiger partial charge in [-0.1, -0.05) is 110 Å². The van der Waals surface area contributed by atoms with Crippen molar-refractivity contribution in [2.45, 2.75) is 26.2 Å². The smallest absolute Gasteiger partial charge is 0.0105 e. The van der Waals surface area contributed by atoms with Crippen molar-refractivity contribution in [3.8, 4) is 33.4 Å². The average molecular weight is 413 g/mol. The van der Waals surface area contributed by atoms with E-state index in [0.717, 1.165) is 6.42 Å². The molecule has 0 amide bonds. The van der Waals surface area contributed by atoms with E-state index in [1.807, 2.05) is 0 Å². The number of unbranched alkanes of at least 4 members (excludes halogenated alkanes) is 1. The van der Waals surface area contributed by atoms with Gasteiger partial charge in [0.15, 0.2) is 0 Å². The van der Waals surface area contributed by atoms with Gasteiger partial charge in [-0.2, -0.15) is 0 Å². The summed E-state index contributed by atoms with van der Waals surface area (Å²) in [7, 11) is 0. The fraction of sp³-hybridized carbons (Fsp3) is 0.125. The van der Waals surface area contributed by atoms with Gasteiger partial charge in [-0.05, 0) is 80.8 Å². The van der Waals surface area contributed by atoms with Crippen LogP contribution in [0.15, 0.2) is 115 Å². The molecule has 0 N–H and O–H groups in total. The molecular formula is C32H28. The van der Waals surface area contributed by atoms with Gasteiger partial charge in [-0.3, -0.25) is 0 Å². The molecule has 5 aromatic rings. The quantitative estimate of drug-likeness (QED) is 0.261. The highest BCUT2D eigenvalue weighted by atomic mass is 14.1. The summed E-state index contributed by atoms with van der Waals surface area (Å²) in [5.41, 5.74) is 9.02. The average Bonchev–Trinajstić information content (AvgIpc) is 2.87. The number of fused-ring (bicyclic) bond motifs is 1. The summed E-state index contributed by atoms with van der Waals surface area (Å²) in [6.45, 7) is 2.25. The van der Waals surface area contributed by atoms with Crippen LogP contribution in [0.25, 0.3) is 44.2 Å². The molecule has 0 unspecified atom stereocenters. The summed E-state index contributed by atoms with van der Waals surface area (Å²) in [4.78, 5) is 0. The molecule has 0 radical (unpaired) electrons. The molecule has 0 aliphatic heterocycles. The molecule has 0 atom stereocenters. The minimum Gasteiger partial charge on any atom is -0.0654 e. The number of rotatable bonds is 6. The molecular weight excluding hydrogens is 384 g/mol. The fourth-order valence-corrected chi connectivity index (χ4v) is 4.51. The molecule has 0 saturated heterocycles. The summed E-state index contributed by atoms with van der Waals surface area (Å²) in [5.74, 6) is 0. The van der Waals surface area contributed by atoms with Crippen LogP contribution in [0, 0.1) is 0 Å². The van der Waals surface area contributed by atoms with E-state index in [1.54, 1.807) is 0 Å². The van der Waals surface area contributed by atoms with E-state index in [-0.39, 0.29) is 0 Å². The van der Waals surface area contributed by atoms with Crippen LogP contribution in [0.3, 0.4) is 0 Å². The molecule has 156 valence electrons. The monoisotopic (exact) mass is 412 g/mol. The first-order chi connectivity index (χ1) is 15.8. The van der Waals surface area contributed by atoms with Crippen molar-refractivity contribution in [3.05, 3.63) is 121 Å². The van der Waals surface area contributed by atoms with E-state index in [2.05, 4.69) is 122 Å². The van der Waals surface area contributed by atoms with Crippen molar-refractivity contribution in [2.24, 2.45) is 0 Å². The molecule has 5 rings (SSSR count). The van der Waals surface area contributed by atoms with E-state index in [4.69, 9.17) is 0 Å². The van der Waals surface area contributed by atoms with Gasteiger partial charge in [-0.15, -0.1) is 0 Å². The van der Waals surface area contributed by atoms with Gasteiger partial charge in [0.2, 0.25) is 0 Å². The Balaban J connectivity index is 1.70. The molecule has 0 heteroatoms. The Morgan fingerprint density at radius 1 is 0.500 bits per heavy atom. The fourth-order valence-electron chi connectivity index (χ4n) is 4.51. The van der Waals surface area contributed by atoms with Gasteiger partial charge in [0, 0.05) is 0 Å². The minimum atomic E-state index is 1.14. The molecule has 0 aromatic heterocycles. The lowest BCUT2D eigenvalue weighted by Gasteiger charge is -2.14. The predicted molar refractivity (Wildman–Crippen MR) is 139 cm³/mol. The third-order valence-corrected chi connectivity index (χ3v) is 6.22. The molecule has 5 aromatic carbocycles. The SMILES string of the molecule is CCCCc1cccc(-c2cc(-c3ccccc3)cc(-c3cccc4ccccc34)c2)c1. The first-order valence-corrected chi connectivity index (χ1v) is 11.6. The molecule has 0 heterocycles. The van der Waals surface area contributed by atoms with Crippen molar-refractivity contribution < 1.29 is 0 Å². The maximum absolute atomic E-state index is 2.37. The van der Waals surface area contributed by atoms with Gasteiger partial charge in [0.05, 0.1) is 0 Å². The van der Waals surface area contributed by atoms with Crippen molar-refractivity contribution >= 4 is 10.8 Å². The maximum atomic E-state index is 2.37. The summed E-state index contributed by atoms with van der Waals surface area (Å²) in [5, 5.41) is 2.57. The molecule has 0 spiro atoms. The summed E-state index contributed by atoms with van der Waals surface area (Å²) < 4.78 is 0. The highest BCUT2D eigenvalue weighted by Crippen LogP contribution is 2.36. The first-order valence-electron chi connectivity index (χ1n) is 11.6. The zero-order valence-electron chi connectivity index (χ0n) is 18.6. The second-order valence-electron chi connectivity index (χ2n) is 8.50. The van der Waals surface area contributed by atoms with Crippen LogP contribution >= 0.6 is 0 Å². The maximum Gasteiger partial charge on any atom is -0.0105 e. The second-order valence-corrected chi connectivity index (χ2v) is 8.50. The van der Waals surface area contributed by atoms with E-state index in [9.17, 15) is 0 Å². The number of hydrogen-bond acceptors (Lipinski definition) is 0. The van der Waals surface area contributed by atoms with Crippen LogP contribution in [0.1, 0.15) is 25.3 Å². The normalized spacial score (nSPS) is 11.0. The Kier molecular flexibility index (Phi) is 5.85. The van der Waals surface area contributed by atoms with Gasteiger partial charge >= 0.3 is 0 Å². The lowest BCUT2D eigenvalue weighted by molar-refractivity contribution is 0.795. The highest BCUT2D eigenvalue weighted by molar-refractivity contribution is 5.98. The number of aryl methyl sites for hydroxylation is 1. The Morgan fingerprint density at radius 3 is 2.00 bits per heavy atom. The van der Waals surface area contributed by atoms with E-state index >= 15 is 0 Å². The Labute approximate surface area is 191 Å². The van der Waals surface area contributed by atoms with Crippen LogP contribution in [0.5, 0.6) is 0 Å². The van der Waals surface area contributed by atoms with Crippen LogP contribution in [-0.2, 0) is 6.42 Å². The molecule has 0 saturated carbocycles. The van der Waals surface area contributed by atoms with Gasteiger partial charge < -0.3 is 0 Å². The van der Waals surface area contributed by atoms with Crippen LogP contribution < -0.4 is 0 Å². The van der Waals surface area contributed by atoms with Crippen LogP contribution in [0.2, 0.25) is 0 Å². The lowest BCUT2D eigenvalue weighted by atomic mass is 9.90. The van der Waals surface area contributed by atoms with Crippen LogP contribution in [0.4, 0.5) is 0 Å². The summed E-state index contributed by atoms with van der Waals surface area (Å²) in [6.07, 6.45) is 3.59. The van der Waals surface area contributed by atoms with Gasteiger partial charge in [0.25, 0.3) is 0 Å². The Bertz CT molecular complexity index is 1340. The molecule has 0 bridgehead atoms.